The number of phenols is 1. The van der Waals surface area contributed by atoms with E-state index in [0.29, 0.717) is 11.1 Å². The predicted octanol–water partition coefficient (Wildman–Crippen LogP) is 2.51. The molecule has 0 heterocycles. The highest BCUT2D eigenvalue weighted by molar-refractivity contribution is 6.51. The molecular weight excluding hydrogens is 244 g/mol. The van der Waals surface area contributed by atoms with Crippen molar-refractivity contribution in [2.45, 2.75) is 20.8 Å². The maximum absolute atomic E-state index is 12.0. The molecule has 0 spiro atoms. The van der Waals surface area contributed by atoms with Crippen molar-refractivity contribution >= 4 is 17.1 Å². The molecule has 19 heavy (non-hydrogen) atoms. The minimum Gasteiger partial charge on any atom is -0.504 e. The Bertz CT molecular complexity index is 609. The van der Waals surface area contributed by atoms with Crippen LogP contribution in [0.5, 0.6) is 11.5 Å². The van der Waals surface area contributed by atoms with Crippen molar-refractivity contribution in [2.24, 2.45) is 5.92 Å². The Kier molecular flexibility index (Phi) is 3.18. The van der Waals surface area contributed by atoms with Crippen LogP contribution in [0.1, 0.15) is 35.3 Å². The minimum atomic E-state index is -0.633. The molecule has 2 rings (SSSR count). The molecule has 0 unspecified atom stereocenters. The van der Waals surface area contributed by atoms with Gasteiger partial charge < -0.3 is 9.84 Å². The van der Waals surface area contributed by atoms with Crippen LogP contribution in [-0.2, 0) is 4.79 Å². The molecular formula is C15H16O4. The van der Waals surface area contributed by atoms with E-state index in [0.717, 1.165) is 5.57 Å². The van der Waals surface area contributed by atoms with Crippen molar-refractivity contribution in [3.05, 3.63) is 28.8 Å². The largest absolute Gasteiger partial charge is 0.504 e. The third kappa shape index (κ3) is 1.93. The summed E-state index contributed by atoms with van der Waals surface area (Å²) in [4.78, 5) is 23.8. The number of phenolic OH excluding ortho intramolecular Hbond substituents is 1. The maximum atomic E-state index is 12.0. The molecule has 0 fully saturated rings. The number of ether oxygens (including phenoxy) is 1. The van der Waals surface area contributed by atoms with Gasteiger partial charge in [-0.1, -0.05) is 13.8 Å². The lowest BCUT2D eigenvalue weighted by atomic mass is 9.82. The van der Waals surface area contributed by atoms with Crippen LogP contribution < -0.4 is 4.74 Å². The SMILES string of the molecule is COc1c(O)c(C)cc2c1C(=O)C(=O)C=C2C(C)C. The van der Waals surface area contributed by atoms with Gasteiger partial charge in [0.25, 0.3) is 0 Å². The Hall–Kier alpha value is -2.10. The number of carbonyl (C=O) groups is 2. The van der Waals surface area contributed by atoms with E-state index in [1.54, 1.807) is 13.0 Å². The highest BCUT2D eigenvalue weighted by Gasteiger charge is 2.32. The zero-order chi connectivity index (χ0) is 14.3. The number of benzene rings is 1. The van der Waals surface area contributed by atoms with Crippen molar-refractivity contribution in [1.29, 1.82) is 0 Å². The molecule has 0 atom stereocenters. The van der Waals surface area contributed by atoms with Crippen molar-refractivity contribution in [3.63, 3.8) is 0 Å². The molecule has 0 aliphatic heterocycles. The lowest BCUT2D eigenvalue weighted by Gasteiger charge is -2.22. The average molecular weight is 260 g/mol. The van der Waals surface area contributed by atoms with E-state index in [9.17, 15) is 14.7 Å². The first kappa shape index (κ1) is 13.3. The summed E-state index contributed by atoms with van der Waals surface area (Å²) in [6, 6.07) is 1.73. The Morgan fingerprint density at radius 3 is 2.42 bits per heavy atom. The van der Waals surface area contributed by atoms with E-state index in [1.165, 1.54) is 13.2 Å². The summed E-state index contributed by atoms with van der Waals surface area (Å²) in [6.45, 7) is 5.64. The average Bonchev–Trinajstić information content (AvgIpc) is 2.35. The van der Waals surface area contributed by atoms with E-state index >= 15 is 0 Å². The number of Topliss-reactive ketones (excluding diaryl/α,β-unsaturated/α-hetero) is 1. The predicted molar refractivity (Wildman–Crippen MR) is 71.5 cm³/mol. The number of ketones is 2. The van der Waals surface area contributed by atoms with E-state index in [4.69, 9.17) is 4.74 Å². The molecule has 1 N–H and O–H groups in total. The van der Waals surface area contributed by atoms with Gasteiger partial charge in [-0.2, -0.15) is 0 Å². The van der Waals surface area contributed by atoms with Crippen LogP contribution in [0.2, 0.25) is 0 Å². The summed E-state index contributed by atoms with van der Waals surface area (Å²) >= 11 is 0. The first-order valence-electron chi connectivity index (χ1n) is 6.09. The van der Waals surface area contributed by atoms with Gasteiger partial charge in [-0.15, -0.1) is 0 Å². The normalized spacial score (nSPS) is 14.5. The van der Waals surface area contributed by atoms with Crippen molar-refractivity contribution in [3.8, 4) is 11.5 Å². The van der Waals surface area contributed by atoms with Crippen LogP contribution in [-0.4, -0.2) is 23.8 Å². The van der Waals surface area contributed by atoms with Gasteiger partial charge in [0.05, 0.1) is 12.7 Å². The number of allylic oxidation sites excluding steroid dienone is 2. The van der Waals surface area contributed by atoms with Crippen molar-refractivity contribution in [1.82, 2.24) is 0 Å². The maximum Gasteiger partial charge on any atom is 0.237 e. The van der Waals surface area contributed by atoms with Gasteiger partial charge >= 0.3 is 0 Å². The molecule has 1 aliphatic rings. The van der Waals surface area contributed by atoms with Crippen molar-refractivity contribution < 1.29 is 19.4 Å². The number of aryl methyl sites for hydroxylation is 1. The number of hydrogen-bond acceptors (Lipinski definition) is 4. The first-order valence-corrected chi connectivity index (χ1v) is 6.09. The highest BCUT2D eigenvalue weighted by atomic mass is 16.5. The zero-order valence-electron chi connectivity index (χ0n) is 11.4. The van der Waals surface area contributed by atoms with Crippen molar-refractivity contribution in [2.75, 3.05) is 7.11 Å². The Balaban J connectivity index is 2.85. The van der Waals surface area contributed by atoms with E-state index in [-0.39, 0.29) is 23.0 Å². The van der Waals surface area contributed by atoms with E-state index < -0.39 is 11.6 Å². The quantitative estimate of drug-likeness (QED) is 0.830. The summed E-state index contributed by atoms with van der Waals surface area (Å²) in [5.41, 5.74) is 2.25. The Morgan fingerprint density at radius 1 is 1.26 bits per heavy atom. The standard InChI is InChI=1S/C15H16O4/c1-7(2)9-6-11(16)14(18)12-10(9)5-8(3)13(17)15(12)19-4/h5-7,17H,1-4H3. The lowest BCUT2D eigenvalue weighted by Crippen LogP contribution is -2.21. The van der Waals surface area contributed by atoms with Gasteiger partial charge in [-0.05, 0) is 41.7 Å². The molecule has 0 bridgehead atoms. The molecule has 4 nitrogen and oxygen atoms in total. The van der Waals surface area contributed by atoms with Crippen LogP contribution in [0.3, 0.4) is 0 Å². The Labute approximate surface area is 111 Å². The molecule has 0 saturated heterocycles. The van der Waals surface area contributed by atoms with Crippen LogP contribution in [0.25, 0.3) is 5.57 Å². The van der Waals surface area contributed by atoms with Crippen LogP contribution in [0.15, 0.2) is 12.1 Å². The highest BCUT2D eigenvalue weighted by Crippen LogP contribution is 2.42. The molecule has 0 aromatic heterocycles. The summed E-state index contributed by atoms with van der Waals surface area (Å²) in [5, 5.41) is 9.97. The third-order valence-corrected chi connectivity index (χ3v) is 3.32. The van der Waals surface area contributed by atoms with Crippen LogP contribution in [0.4, 0.5) is 0 Å². The van der Waals surface area contributed by atoms with E-state index in [2.05, 4.69) is 0 Å². The molecule has 1 aromatic carbocycles. The molecule has 0 amide bonds. The fourth-order valence-corrected chi connectivity index (χ4v) is 2.31. The second-order valence-corrected chi connectivity index (χ2v) is 4.95. The number of hydrogen-bond donors (Lipinski definition) is 1. The van der Waals surface area contributed by atoms with Gasteiger partial charge in [-0.25, -0.2) is 0 Å². The second kappa shape index (κ2) is 4.53. The smallest absolute Gasteiger partial charge is 0.237 e. The second-order valence-electron chi connectivity index (χ2n) is 4.95. The molecule has 0 radical (unpaired) electrons. The fourth-order valence-electron chi connectivity index (χ4n) is 2.31. The summed E-state index contributed by atoms with van der Waals surface area (Å²) in [7, 11) is 1.37. The fraction of sp³-hybridized carbons (Fsp3) is 0.333. The molecule has 100 valence electrons. The van der Waals surface area contributed by atoms with Crippen LogP contribution in [0, 0.1) is 12.8 Å². The molecule has 4 heteroatoms. The van der Waals surface area contributed by atoms with Gasteiger partial charge in [0.2, 0.25) is 11.6 Å². The van der Waals surface area contributed by atoms with E-state index in [1.807, 2.05) is 13.8 Å². The van der Waals surface area contributed by atoms with Gasteiger partial charge in [-0.3, -0.25) is 9.59 Å². The first-order chi connectivity index (χ1) is 8.88. The minimum absolute atomic E-state index is 0.0830. The summed E-state index contributed by atoms with van der Waals surface area (Å²) < 4.78 is 5.12. The number of rotatable bonds is 2. The summed E-state index contributed by atoms with van der Waals surface area (Å²) in [5.74, 6) is -1.11. The topological polar surface area (TPSA) is 63.6 Å². The van der Waals surface area contributed by atoms with Gasteiger partial charge in [0.15, 0.2) is 11.5 Å². The summed E-state index contributed by atoms with van der Waals surface area (Å²) in [6.07, 6.45) is 1.38. The van der Waals surface area contributed by atoms with Gasteiger partial charge in [0.1, 0.15) is 0 Å². The number of methoxy groups -OCH3 is 1. The third-order valence-electron chi connectivity index (χ3n) is 3.32. The van der Waals surface area contributed by atoms with Crippen LogP contribution >= 0.6 is 0 Å². The lowest BCUT2D eigenvalue weighted by molar-refractivity contribution is -0.111. The molecule has 1 aromatic rings. The Morgan fingerprint density at radius 2 is 1.89 bits per heavy atom. The number of aromatic hydroxyl groups is 1. The number of fused-ring (bicyclic) bond motifs is 1. The molecule has 1 aliphatic carbocycles. The van der Waals surface area contributed by atoms with Gasteiger partial charge in [0, 0.05) is 0 Å². The number of carbonyl (C=O) groups excluding carboxylic acids is 2. The zero-order valence-corrected chi connectivity index (χ0v) is 11.4. The monoisotopic (exact) mass is 260 g/mol. The molecule has 0 saturated carbocycles.